The minimum atomic E-state index is 0. The molecule has 7 heteroatoms. The number of rotatable bonds is 5. The van der Waals surface area contributed by atoms with Crippen LogP contribution in [0.1, 0.15) is 26.3 Å². The van der Waals surface area contributed by atoms with E-state index in [2.05, 4.69) is 63.3 Å². The summed E-state index contributed by atoms with van der Waals surface area (Å²) >= 11 is 0. The summed E-state index contributed by atoms with van der Waals surface area (Å²) in [4.78, 5) is 13.6. The van der Waals surface area contributed by atoms with Crippen LogP contribution in [0.5, 0.6) is 0 Å². The molecule has 0 aromatic carbocycles. The maximum absolute atomic E-state index is 4.54. The summed E-state index contributed by atoms with van der Waals surface area (Å²) in [6.07, 6.45) is 1.90. The summed E-state index contributed by atoms with van der Waals surface area (Å²) in [5, 5.41) is 6.64. The normalized spacial score (nSPS) is 16.0. The van der Waals surface area contributed by atoms with Crippen molar-refractivity contribution >= 4 is 35.8 Å². The van der Waals surface area contributed by atoms with Gasteiger partial charge >= 0.3 is 0 Å². The molecule has 1 aromatic heterocycles. The van der Waals surface area contributed by atoms with E-state index >= 15 is 0 Å². The van der Waals surface area contributed by atoms with Gasteiger partial charge in [0.25, 0.3) is 0 Å². The van der Waals surface area contributed by atoms with Gasteiger partial charge < -0.3 is 20.4 Å². The predicted molar refractivity (Wildman–Crippen MR) is 112 cm³/mol. The highest BCUT2D eigenvalue weighted by Gasteiger charge is 2.16. The third-order valence-corrected chi connectivity index (χ3v) is 4.06. The Morgan fingerprint density at radius 1 is 1.29 bits per heavy atom. The van der Waals surface area contributed by atoms with Gasteiger partial charge in [-0.3, -0.25) is 4.99 Å². The van der Waals surface area contributed by atoms with Crippen LogP contribution < -0.4 is 15.5 Å². The predicted octanol–water partition coefficient (Wildman–Crippen LogP) is 1.91. The molecule has 1 aromatic rings. The van der Waals surface area contributed by atoms with E-state index in [1.807, 2.05) is 6.20 Å². The highest BCUT2D eigenvalue weighted by Crippen LogP contribution is 2.15. The summed E-state index contributed by atoms with van der Waals surface area (Å²) < 4.78 is 0. The Morgan fingerprint density at radius 3 is 2.58 bits per heavy atom. The molecule has 0 bridgehead atoms. The minimum absolute atomic E-state index is 0. The number of likely N-dealkylation sites (N-methyl/N-ethyl adjacent to an activating group) is 1. The van der Waals surface area contributed by atoms with E-state index in [-0.39, 0.29) is 24.0 Å². The first kappa shape index (κ1) is 21.0. The van der Waals surface area contributed by atoms with Gasteiger partial charge in [-0.25, -0.2) is 4.98 Å². The van der Waals surface area contributed by atoms with E-state index in [0.717, 1.165) is 51.0 Å². The van der Waals surface area contributed by atoms with Crippen LogP contribution in [0, 0.1) is 0 Å². The van der Waals surface area contributed by atoms with Crippen LogP contribution in [-0.2, 0) is 6.54 Å². The highest BCUT2D eigenvalue weighted by molar-refractivity contribution is 14.0. The largest absolute Gasteiger partial charge is 0.354 e. The lowest BCUT2D eigenvalue weighted by molar-refractivity contribution is 0.270. The molecule has 2 heterocycles. The molecule has 2 rings (SSSR count). The zero-order valence-corrected chi connectivity index (χ0v) is 17.6. The van der Waals surface area contributed by atoms with Crippen LogP contribution in [-0.4, -0.2) is 61.7 Å². The molecule has 1 saturated heterocycles. The first-order valence-electron chi connectivity index (χ1n) is 8.51. The third kappa shape index (κ3) is 6.43. The van der Waals surface area contributed by atoms with E-state index < -0.39 is 0 Å². The van der Waals surface area contributed by atoms with Crippen LogP contribution in [0.3, 0.4) is 0 Å². The van der Waals surface area contributed by atoms with E-state index in [1.165, 1.54) is 5.56 Å². The highest BCUT2D eigenvalue weighted by atomic mass is 127. The van der Waals surface area contributed by atoms with Gasteiger partial charge in [-0.1, -0.05) is 6.92 Å². The van der Waals surface area contributed by atoms with Gasteiger partial charge in [0.05, 0.1) is 0 Å². The smallest absolute Gasteiger partial charge is 0.191 e. The molecule has 1 aliphatic heterocycles. The Kier molecular flexibility index (Phi) is 9.35. The van der Waals surface area contributed by atoms with Crippen molar-refractivity contribution in [2.75, 3.05) is 44.7 Å². The second-order valence-electron chi connectivity index (χ2n) is 6.17. The van der Waals surface area contributed by atoms with Crippen molar-refractivity contribution < 1.29 is 0 Å². The summed E-state index contributed by atoms with van der Waals surface area (Å²) in [5.74, 6) is 1.90. The Bertz CT molecular complexity index is 512. The molecule has 6 nitrogen and oxygen atoms in total. The summed E-state index contributed by atoms with van der Waals surface area (Å²) in [6.45, 7) is 12.6. The Balaban J connectivity index is 0.00000288. The molecule has 1 aliphatic rings. The van der Waals surface area contributed by atoms with Gasteiger partial charge in [-0.15, -0.1) is 24.0 Å². The molecule has 136 valence electrons. The van der Waals surface area contributed by atoms with Crippen LogP contribution in [0.4, 0.5) is 5.82 Å². The van der Waals surface area contributed by atoms with Crippen LogP contribution in [0.2, 0.25) is 0 Å². The second-order valence-corrected chi connectivity index (χ2v) is 6.17. The zero-order valence-electron chi connectivity index (χ0n) is 15.2. The molecule has 0 amide bonds. The second kappa shape index (κ2) is 10.7. The lowest BCUT2D eigenvalue weighted by atomic mass is 10.2. The van der Waals surface area contributed by atoms with Gasteiger partial charge in [0.1, 0.15) is 5.82 Å². The number of piperazine rings is 1. The molecule has 1 fully saturated rings. The number of pyridine rings is 1. The van der Waals surface area contributed by atoms with Gasteiger partial charge in [0, 0.05) is 52.0 Å². The molecule has 0 radical (unpaired) electrons. The number of guanidine groups is 1. The van der Waals surface area contributed by atoms with Crippen molar-refractivity contribution in [3.8, 4) is 0 Å². The maximum Gasteiger partial charge on any atom is 0.191 e. The first-order chi connectivity index (χ1) is 11.1. The fourth-order valence-electron chi connectivity index (χ4n) is 2.69. The van der Waals surface area contributed by atoms with Crippen molar-refractivity contribution in [2.24, 2.45) is 4.99 Å². The molecular formula is C17H31IN6. The van der Waals surface area contributed by atoms with Crippen molar-refractivity contribution in [3.63, 3.8) is 0 Å². The topological polar surface area (TPSA) is 55.8 Å². The fourth-order valence-corrected chi connectivity index (χ4v) is 2.69. The minimum Gasteiger partial charge on any atom is -0.354 e. The number of hydrogen-bond donors (Lipinski definition) is 2. The lowest BCUT2D eigenvalue weighted by Crippen LogP contribution is -2.46. The average molecular weight is 446 g/mol. The standard InChI is InChI=1S/C17H30N6.HI/c1-5-22-8-10-23(11-9-22)16-12-15(6-7-19-16)13-20-17(18-4)21-14(2)3;/h6-7,12,14H,5,8-11,13H2,1-4H3,(H2,18,20,21);1H. The number of anilines is 1. The fraction of sp³-hybridized carbons (Fsp3) is 0.647. The van der Waals surface area contributed by atoms with E-state index in [4.69, 9.17) is 0 Å². The van der Waals surface area contributed by atoms with E-state index in [0.29, 0.717) is 6.04 Å². The quantitative estimate of drug-likeness (QED) is 0.411. The Labute approximate surface area is 163 Å². The molecule has 0 spiro atoms. The van der Waals surface area contributed by atoms with Crippen LogP contribution in [0.25, 0.3) is 0 Å². The SMILES string of the molecule is CCN1CCN(c2cc(CNC(=NC)NC(C)C)ccn2)CC1.I. The maximum atomic E-state index is 4.54. The van der Waals surface area contributed by atoms with Gasteiger partial charge in [0.2, 0.25) is 0 Å². The van der Waals surface area contributed by atoms with Crippen molar-refractivity contribution in [2.45, 2.75) is 33.4 Å². The van der Waals surface area contributed by atoms with Crippen molar-refractivity contribution in [3.05, 3.63) is 23.9 Å². The molecule has 24 heavy (non-hydrogen) atoms. The molecule has 0 aliphatic carbocycles. The summed E-state index contributed by atoms with van der Waals surface area (Å²) in [6, 6.07) is 4.60. The Morgan fingerprint density at radius 2 is 2.00 bits per heavy atom. The molecule has 0 saturated carbocycles. The first-order valence-corrected chi connectivity index (χ1v) is 8.51. The summed E-state index contributed by atoms with van der Waals surface area (Å²) in [7, 11) is 1.79. The molecule has 2 N–H and O–H groups in total. The Hall–Kier alpha value is -1.09. The van der Waals surface area contributed by atoms with E-state index in [1.54, 1.807) is 7.05 Å². The number of aromatic nitrogens is 1. The number of halogens is 1. The van der Waals surface area contributed by atoms with Gasteiger partial charge in [-0.2, -0.15) is 0 Å². The molecule has 0 atom stereocenters. The zero-order chi connectivity index (χ0) is 16.7. The van der Waals surface area contributed by atoms with Gasteiger partial charge in [0.15, 0.2) is 5.96 Å². The van der Waals surface area contributed by atoms with Crippen molar-refractivity contribution in [1.29, 1.82) is 0 Å². The number of nitrogens with zero attached hydrogens (tertiary/aromatic N) is 4. The van der Waals surface area contributed by atoms with Crippen LogP contribution in [0.15, 0.2) is 23.3 Å². The lowest BCUT2D eigenvalue weighted by Gasteiger charge is -2.34. The molecular weight excluding hydrogens is 415 g/mol. The van der Waals surface area contributed by atoms with Crippen LogP contribution >= 0.6 is 24.0 Å². The number of nitrogens with one attached hydrogen (secondary N) is 2. The molecule has 0 unspecified atom stereocenters. The van der Waals surface area contributed by atoms with E-state index in [9.17, 15) is 0 Å². The average Bonchev–Trinajstić information content (AvgIpc) is 2.58. The third-order valence-electron chi connectivity index (χ3n) is 4.06. The monoisotopic (exact) mass is 446 g/mol. The number of hydrogen-bond acceptors (Lipinski definition) is 4. The van der Waals surface area contributed by atoms with Crippen molar-refractivity contribution in [1.82, 2.24) is 20.5 Å². The number of aliphatic imine (C=N–C) groups is 1. The van der Waals surface area contributed by atoms with Gasteiger partial charge in [-0.05, 0) is 38.1 Å². The summed E-state index contributed by atoms with van der Waals surface area (Å²) in [5.41, 5.74) is 1.22.